The number of hydrogen-bond donors (Lipinski definition) is 2. The summed E-state index contributed by atoms with van der Waals surface area (Å²) in [6.07, 6.45) is 1.63. The van der Waals surface area contributed by atoms with Gasteiger partial charge in [0.05, 0.1) is 6.21 Å². The van der Waals surface area contributed by atoms with Gasteiger partial charge in [0.25, 0.3) is 0 Å². The summed E-state index contributed by atoms with van der Waals surface area (Å²) in [7, 11) is 0. The lowest BCUT2D eigenvalue weighted by molar-refractivity contribution is 0.306. The monoisotopic (exact) mass is 363 g/mol. The molecule has 0 aliphatic rings. The molecule has 0 fully saturated rings. The van der Waals surface area contributed by atoms with Crippen LogP contribution >= 0.6 is 28.1 Å². The molecular weight excluding hydrogens is 350 g/mol. The van der Waals surface area contributed by atoms with Crippen LogP contribution in [0.5, 0.6) is 5.75 Å². The first-order valence-electron chi connectivity index (χ1n) is 6.19. The molecule has 2 aromatic rings. The fourth-order valence-corrected chi connectivity index (χ4v) is 1.92. The average molecular weight is 364 g/mol. The maximum absolute atomic E-state index is 5.75. The Morgan fingerprint density at radius 1 is 1.29 bits per heavy atom. The number of hydrazone groups is 1. The van der Waals surface area contributed by atoms with E-state index in [2.05, 4.69) is 38.7 Å². The lowest BCUT2D eigenvalue weighted by Crippen LogP contribution is -2.23. The van der Waals surface area contributed by atoms with Gasteiger partial charge in [0, 0.05) is 4.47 Å². The third-order valence-electron chi connectivity index (χ3n) is 2.57. The quantitative estimate of drug-likeness (QED) is 0.486. The van der Waals surface area contributed by atoms with Crippen LogP contribution in [0.3, 0.4) is 0 Å². The zero-order valence-electron chi connectivity index (χ0n) is 11.1. The molecule has 108 valence electrons. The first-order chi connectivity index (χ1) is 10.1. The Balaban J connectivity index is 1.96. The van der Waals surface area contributed by atoms with Crippen molar-refractivity contribution in [1.29, 1.82) is 0 Å². The molecule has 6 heteroatoms. The van der Waals surface area contributed by atoms with Gasteiger partial charge in [-0.05, 0) is 47.6 Å². The molecule has 21 heavy (non-hydrogen) atoms. The van der Waals surface area contributed by atoms with Gasteiger partial charge >= 0.3 is 0 Å². The molecule has 0 atom stereocenters. The molecular formula is C15H14BrN3OS. The number of benzene rings is 2. The van der Waals surface area contributed by atoms with Gasteiger partial charge in [-0.2, -0.15) is 5.10 Å². The summed E-state index contributed by atoms with van der Waals surface area (Å²) in [6, 6.07) is 15.6. The number of nitrogens with two attached hydrogens (primary N) is 1. The topological polar surface area (TPSA) is 59.6 Å². The molecule has 0 radical (unpaired) electrons. The maximum atomic E-state index is 5.75. The standard InChI is InChI=1S/C15H14BrN3OS/c16-13-6-4-11(5-7-13)10-20-14-3-1-2-12(8-14)9-18-19-15(17)21/h1-9H,10H2,(H3,17,19,21). The van der Waals surface area contributed by atoms with E-state index in [0.717, 1.165) is 21.3 Å². The van der Waals surface area contributed by atoms with E-state index in [1.165, 1.54) is 0 Å². The van der Waals surface area contributed by atoms with Crippen LogP contribution in [0, 0.1) is 0 Å². The molecule has 0 amide bonds. The second kappa shape index (κ2) is 7.75. The lowest BCUT2D eigenvalue weighted by Gasteiger charge is -2.07. The summed E-state index contributed by atoms with van der Waals surface area (Å²) in [6.45, 7) is 0.513. The largest absolute Gasteiger partial charge is 0.489 e. The zero-order chi connectivity index (χ0) is 15.1. The van der Waals surface area contributed by atoms with Crippen LogP contribution in [0.4, 0.5) is 0 Å². The van der Waals surface area contributed by atoms with Crippen LogP contribution in [0.1, 0.15) is 11.1 Å². The van der Waals surface area contributed by atoms with Crippen molar-refractivity contribution in [2.45, 2.75) is 6.61 Å². The summed E-state index contributed by atoms with van der Waals surface area (Å²) in [4.78, 5) is 0. The van der Waals surface area contributed by atoms with Crippen molar-refractivity contribution in [3.8, 4) is 5.75 Å². The molecule has 3 N–H and O–H groups in total. The fraction of sp³-hybridized carbons (Fsp3) is 0.0667. The number of nitrogens with zero attached hydrogens (tertiary/aromatic N) is 1. The van der Waals surface area contributed by atoms with Crippen molar-refractivity contribution in [2.24, 2.45) is 10.8 Å². The second-order valence-electron chi connectivity index (χ2n) is 4.22. The van der Waals surface area contributed by atoms with Crippen LogP contribution in [-0.4, -0.2) is 11.3 Å². The molecule has 0 bridgehead atoms. The van der Waals surface area contributed by atoms with Gasteiger partial charge in [-0.3, -0.25) is 5.43 Å². The second-order valence-corrected chi connectivity index (χ2v) is 5.58. The van der Waals surface area contributed by atoms with Gasteiger partial charge in [-0.25, -0.2) is 0 Å². The Hall–Kier alpha value is -1.92. The highest BCUT2D eigenvalue weighted by Crippen LogP contribution is 2.16. The van der Waals surface area contributed by atoms with E-state index >= 15 is 0 Å². The molecule has 4 nitrogen and oxygen atoms in total. The molecule has 0 unspecified atom stereocenters. The summed E-state index contributed by atoms with van der Waals surface area (Å²) in [5, 5.41) is 4.04. The van der Waals surface area contributed by atoms with Crippen molar-refractivity contribution < 1.29 is 4.74 Å². The predicted octanol–water partition coefficient (Wildman–Crippen LogP) is 3.20. The van der Waals surface area contributed by atoms with Gasteiger partial charge in [0.2, 0.25) is 0 Å². The van der Waals surface area contributed by atoms with Crippen molar-refractivity contribution in [1.82, 2.24) is 5.43 Å². The first kappa shape index (κ1) is 15.5. The summed E-state index contributed by atoms with van der Waals surface area (Å²) in [5.74, 6) is 0.775. The molecule has 0 aliphatic heterocycles. The Morgan fingerprint density at radius 3 is 2.76 bits per heavy atom. The van der Waals surface area contributed by atoms with Crippen LogP contribution in [0.25, 0.3) is 0 Å². The molecule has 0 aliphatic carbocycles. The molecule has 0 spiro atoms. The van der Waals surface area contributed by atoms with Gasteiger partial charge in [0.15, 0.2) is 5.11 Å². The van der Waals surface area contributed by atoms with Crippen molar-refractivity contribution in [3.63, 3.8) is 0 Å². The van der Waals surface area contributed by atoms with E-state index in [1.807, 2.05) is 48.5 Å². The van der Waals surface area contributed by atoms with Gasteiger partial charge < -0.3 is 10.5 Å². The predicted molar refractivity (Wildman–Crippen MR) is 92.4 cm³/mol. The molecule has 0 saturated heterocycles. The number of rotatable bonds is 5. The third-order valence-corrected chi connectivity index (χ3v) is 3.19. The lowest BCUT2D eigenvalue weighted by atomic mass is 10.2. The van der Waals surface area contributed by atoms with E-state index in [0.29, 0.717) is 6.61 Å². The van der Waals surface area contributed by atoms with Crippen molar-refractivity contribution >= 4 is 39.5 Å². The highest BCUT2D eigenvalue weighted by molar-refractivity contribution is 9.10. The SMILES string of the molecule is NC(=S)NN=Cc1cccc(OCc2ccc(Br)cc2)c1. The molecule has 0 saturated carbocycles. The summed E-state index contributed by atoms with van der Waals surface area (Å²) in [5.41, 5.74) is 9.80. The number of halogens is 1. The van der Waals surface area contributed by atoms with E-state index in [9.17, 15) is 0 Å². The Labute approximate surface area is 137 Å². The Bertz CT molecular complexity index is 644. The van der Waals surface area contributed by atoms with E-state index in [4.69, 9.17) is 10.5 Å². The number of ether oxygens (including phenoxy) is 1. The fourth-order valence-electron chi connectivity index (χ4n) is 1.60. The summed E-state index contributed by atoms with van der Waals surface area (Å²) < 4.78 is 6.80. The molecule has 2 rings (SSSR count). The number of thiocarbonyl (C=S) groups is 1. The van der Waals surface area contributed by atoms with E-state index < -0.39 is 0 Å². The van der Waals surface area contributed by atoms with Gasteiger partial charge in [-0.15, -0.1) is 0 Å². The maximum Gasteiger partial charge on any atom is 0.184 e. The minimum absolute atomic E-state index is 0.133. The highest BCUT2D eigenvalue weighted by Gasteiger charge is 1.97. The highest BCUT2D eigenvalue weighted by atomic mass is 79.9. The minimum atomic E-state index is 0.133. The van der Waals surface area contributed by atoms with Crippen LogP contribution in [0.15, 0.2) is 58.1 Å². The number of hydrogen-bond acceptors (Lipinski definition) is 3. The minimum Gasteiger partial charge on any atom is -0.489 e. The third kappa shape index (κ3) is 5.53. The van der Waals surface area contributed by atoms with Gasteiger partial charge in [-0.1, -0.05) is 40.2 Å². The summed E-state index contributed by atoms with van der Waals surface area (Å²) >= 11 is 8.07. The molecule has 0 aromatic heterocycles. The smallest absolute Gasteiger partial charge is 0.184 e. The molecule has 0 heterocycles. The van der Waals surface area contributed by atoms with Crippen LogP contribution < -0.4 is 15.9 Å². The van der Waals surface area contributed by atoms with Crippen molar-refractivity contribution in [3.05, 3.63) is 64.1 Å². The van der Waals surface area contributed by atoms with Crippen LogP contribution in [-0.2, 0) is 6.61 Å². The zero-order valence-corrected chi connectivity index (χ0v) is 13.5. The Morgan fingerprint density at radius 2 is 2.05 bits per heavy atom. The van der Waals surface area contributed by atoms with E-state index in [1.54, 1.807) is 6.21 Å². The van der Waals surface area contributed by atoms with Crippen molar-refractivity contribution in [2.75, 3.05) is 0 Å². The number of nitrogens with one attached hydrogen (secondary N) is 1. The van der Waals surface area contributed by atoms with E-state index in [-0.39, 0.29) is 5.11 Å². The average Bonchev–Trinajstić information content (AvgIpc) is 2.47. The normalized spacial score (nSPS) is 10.5. The Kier molecular flexibility index (Phi) is 5.71. The molecule has 2 aromatic carbocycles. The van der Waals surface area contributed by atoms with Gasteiger partial charge in [0.1, 0.15) is 12.4 Å². The first-order valence-corrected chi connectivity index (χ1v) is 7.39. The van der Waals surface area contributed by atoms with Crippen LogP contribution in [0.2, 0.25) is 0 Å².